The SMILES string of the molecule is CCCCC(NC)c1occc1C. The molecule has 0 aliphatic heterocycles. The second-order valence-corrected chi connectivity index (χ2v) is 3.45. The standard InChI is InChI=1S/C11H19NO/c1-4-5-6-10(12-3)11-9(2)7-8-13-11/h7-8,10,12H,4-6H2,1-3H3. The summed E-state index contributed by atoms with van der Waals surface area (Å²) in [5.41, 5.74) is 1.25. The third-order valence-corrected chi connectivity index (χ3v) is 2.41. The first kappa shape index (κ1) is 10.3. The fraction of sp³-hybridized carbons (Fsp3) is 0.636. The molecule has 0 radical (unpaired) electrons. The lowest BCUT2D eigenvalue weighted by Crippen LogP contribution is -2.16. The number of rotatable bonds is 5. The van der Waals surface area contributed by atoms with E-state index in [1.54, 1.807) is 6.26 Å². The van der Waals surface area contributed by atoms with E-state index in [2.05, 4.69) is 19.2 Å². The minimum absolute atomic E-state index is 0.384. The van der Waals surface area contributed by atoms with Crippen molar-refractivity contribution in [2.75, 3.05) is 7.05 Å². The molecule has 2 heteroatoms. The molecule has 1 aromatic heterocycles. The van der Waals surface area contributed by atoms with Crippen LogP contribution in [0.3, 0.4) is 0 Å². The zero-order valence-electron chi connectivity index (χ0n) is 8.76. The maximum atomic E-state index is 5.45. The summed E-state index contributed by atoms with van der Waals surface area (Å²) < 4.78 is 5.45. The molecule has 0 bridgehead atoms. The van der Waals surface area contributed by atoms with Crippen molar-refractivity contribution in [1.82, 2.24) is 5.32 Å². The van der Waals surface area contributed by atoms with Gasteiger partial charge in [0.05, 0.1) is 12.3 Å². The molecule has 74 valence electrons. The van der Waals surface area contributed by atoms with Gasteiger partial charge in [0, 0.05) is 0 Å². The van der Waals surface area contributed by atoms with Gasteiger partial charge in [0.1, 0.15) is 5.76 Å². The van der Waals surface area contributed by atoms with Crippen LogP contribution >= 0.6 is 0 Å². The van der Waals surface area contributed by atoms with Crippen LogP contribution in [0.2, 0.25) is 0 Å². The summed E-state index contributed by atoms with van der Waals surface area (Å²) in [5, 5.41) is 3.29. The van der Waals surface area contributed by atoms with Crippen LogP contribution in [0.25, 0.3) is 0 Å². The Bertz CT molecular complexity index is 242. The molecule has 1 atom stereocenters. The Morgan fingerprint density at radius 2 is 2.31 bits per heavy atom. The molecular formula is C11H19NO. The molecule has 1 unspecified atom stereocenters. The lowest BCUT2D eigenvalue weighted by atomic mass is 10.1. The summed E-state index contributed by atoms with van der Waals surface area (Å²) in [4.78, 5) is 0. The normalized spacial score (nSPS) is 13.2. The minimum atomic E-state index is 0.384. The van der Waals surface area contributed by atoms with Gasteiger partial charge < -0.3 is 9.73 Å². The highest BCUT2D eigenvalue weighted by molar-refractivity contribution is 5.17. The zero-order valence-corrected chi connectivity index (χ0v) is 8.76. The Balaban J connectivity index is 2.61. The molecule has 1 rings (SSSR count). The monoisotopic (exact) mass is 181 g/mol. The first-order valence-electron chi connectivity index (χ1n) is 5.00. The van der Waals surface area contributed by atoms with E-state index in [1.165, 1.54) is 18.4 Å². The van der Waals surface area contributed by atoms with E-state index in [1.807, 2.05) is 13.1 Å². The molecule has 0 aliphatic rings. The molecule has 0 saturated carbocycles. The third kappa shape index (κ3) is 2.59. The Morgan fingerprint density at radius 3 is 2.77 bits per heavy atom. The van der Waals surface area contributed by atoms with Crippen LogP contribution in [0, 0.1) is 6.92 Å². The second kappa shape index (κ2) is 5.07. The van der Waals surface area contributed by atoms with Crippen molar-refractivity contribution in [3.8, 4) is 0 Å². The Kier molecular flexibility index (Phi) is 4.03. The van der Waals surface area contributed by atoms with Crippen LogP contribution in [0.4, 0.5) is 0 Å². The van der Waals surface area contributed by atoms with Crippen LogP contribution < -0.4 is 5.32 Å². The van der Waals surface area contributed by atoms with Crippen molar-refractivity contribution < 1.29 is 4.42 Å². The number of hydrogen-bond donors (Lipinski definition) is 1. The van der Waals surface area contributed by atoms with Gasteiger partial charge >= 0.3 is 0 Å². The topological polar surface area (TPSA) is 25.2 Å². The van der Waals surface area contributed by atoms with E-state index in [4.69, 9.17) is 4.42 Å². The summed E-state index contributed by atoms with van der Waals surface area (Å²) >= 11 is 0. The Labute approximate surface area is 80.3 Å². The molecular weight excluding hydrogens is 162 g/mol. The Morgan fingerprint density at radius 1 is 1.54 bits per heavy atom. The van der Waals surface area contributed by atoms with E-state index >= 15 is 0 Å². The van der Waals surface area contributed by atoms with Gasteiger partial charge in [-0.05, 0) is 32.0 Å². The van der Waals surface area contributed by atoms with Gasteiger partial charge in [0.2, 0.25) is 0 Å². The van der Waals surface area contributed by atoms with Gasteiger partial charge in [-0.15, -0.1) is 0 Å². The summed E-state index contributed by atoms with van der Waals surface area (Å²) in [5.74, 6) is 1.09. The van der Waals surface area contributed by atoms with Crippen molar-refractivity contribution in [2.45, 2.75) is 39.2 Å². The van der Waals surface area contributed by atoms with E-state index in [9.17, 15) is 0 Å². The van der Waals surface area contributed by atoms with Crippen molar-refractivity contribution in [3.63, 3.8) is 0 Å². The fourth-order valence-electron chi connectivity index (χ4n) is 1.56. The van der Waals surface area contributed by atoms with Crippen molar-refractivity contribution in [3.05, 3.63) is 23.7 Å². The number of furan rings is 1. The highest BCUT2D eigenvalue weighted by Crippen LogP contribution is 2.22. The predicted molar refractivity (Wildman–Crippen MR) is 54.8 cm³/mol. The lowest BCUT2D eigenvalue weighted by Gasteiger charge is -2.13. The highest BCUT2D eigenvalue weighted by Gasteiger charge is 2.13. The number of unbranched alkanes of at least 4 members (excludes halogenated alkanes) is 1. The van der Waals surface area contributed by atoms with Crippen LogP contribution in [0.5, 0.6) is 0 Å². The van der Waals surface area contributed by atoms with Gasteiger partial charge in [0.25, 0.3) is 0 Å². The van der Waals surface area contributed by atoms with Gasteiger partial charge in [-0.1, -0.05) is 19.8 Å². The summed E-state index contributed by atoms with van der Waals surface area (Å²) in [6, 6.07) is 2.40. The maximum absolute atomic E-state index is 5.45. The molecule has 0 spiro atoms. The Hall–Kier alpha value is -0.760. The molecule has 1 aromatic rings. The number of aryl methyl sites for hydroxylation is 1. The van der Waals surface area contributed by atoms with Crippen LogP contribution in [-0.4, -0.2) is 7.05 Å². The maximum Gasteiger partial charge on any atom is 0.123 e. The molecule has 0 saturated heterocycles. The quantitative estimate of drug-likeness (QED) is 0.755. The lowest BCUT2D eigenvalue weighted by molar-refractivity contribution is 0.404. The van der Waals surface area contributed by atoms with Crippen LogP contribution in [-0.2, 0) is 0 Å². The summed E-state index contributed by atoms with van der Waals surface area (Å²) in [7, 11) is 1.99. The molecule has 0 aliphatic carbocycles. The van der Waals surface area contributed by atoms with Gasteiger partial charge in [-0.3, -0.25) is 0 Å². The smallest absolute Gasteiger partial charge is 0.123 e. The first-order valence-corrected chi connectivity index (χ1v) is 5.00. The molecule has 1 N–H and O–H groups in total. The second-order valence-electron chi connectivity index (χ2n) is 3.45. The minimum Gasteiger partial charge on any atom is -0.467 e. The molecule has 0 aromatic carbocycles. The molecule has 13 heavy (non-hydrogen) atoms. The largest absolute Gasteiger partial charge is 0.467 e. The van der Waals surface area contributed by atoms with Gasteiger partial charge in [-0.25, -0.2) is 0 Å². The number of nitrogens with one attached hydrogen (secondary N) is 1. The first-order chi connectivity index (χ1) is 6.29. The average Bonchev–Trinajstić information content (AvgIpc) is 2.54. The van der Waals surface area contributed by atoms with E-state index in [-0.39, 0.29) is 0 Å². The van der Waals surface area contributed by atoms with Crippen LogP contribution in [0.15, 0.2) is 16.7 Å². The summed E-state index contributed by atoms with van der Waals surface area (Å²) in [6.45, 7) is 4.30. The molecule has 0 amide bonds. The van der Waals surface area contributed by atoms with Crippen LogP contribution in [0.1, 0.15) is 43.6 Å². The van der Waals surface area contributed by atoms with Crippen molar-refractivity contribution in [1.29, 1.82) is 0 Å². The van der Waals surface area contributed by atoms with Gasteiger partial charge in [0.15, 0.2) is 0 Å². The molecule has 2 nitrogen and oxygen atoms in total. The van der Waals surface area contributed by atoms with E-state index in [0.29, 0.717) is 6.04 Å². The average molecular weight is 181 g/mol. The third-order valence-electron chi connectivity index (χ3n) is 2.41. The van der Waals surface area contributed by atoms with Crippen molar-refractivity contribution in [2.24, 2.45) is 0 Å². The zero-order chi connectivity index (χ0) is 9.68. The van der Waals surface area contributed by atoms with E-state index < -0.39 is 0 Å². The predicted octanol–water partition coefficient (Wildman–Crippen LogP) is 3.04. The number of hydrogen-bond acceptors (Lipinski definition) is 2. The van der Waals surface area contributed by atoms with E-state index in [0.717, 1.165) is 12.2 Å². The summed E-state index contributed by atoms with van der Waals surface area (Å²) in [6.07, 6.45) is 5.39. The fourth-order valence-corrected chi connectivity index (χ4v) is 1.56. The highest BCUT2D eigenvalue weighted by atomic mass is 16.3. The molecule has 0 fully saturated rings. The molecule has 1 heterocycles. The van der Waals surface area contributed by atoms with Gasteiger partial charge in [-0.2, -0.15) is 0 Å². The van der Waals surface area contributed by atoms with Crippen molar-refractivity contribution >= 4 is 0 Å².